The highest BCUT2D eigenvalue weighted by molar-refractivity contribution is 6.30. The zero-order chi connectivity index (χ0) is 17.2. The van der Waals surface area contributed by atoms with E-state index in [9.17, 15) is 0 Å². The number of fused-ring (bicyclic) bond motifs is 1. The molecule has 0 atom stereocenters. The Balaban J connectivity index is 1.43. The predicted octanol–water partition coefficient (Wildman–Crippen LogP) is 4.02. The van der Waals surface area contributed by atoms with Crippen LogP contribution in [0.2, 0.25) is 5.02 Å². The third-order valence-corrected chi connectivity index (χ3v) is 5.11. The Labute approximate surface area is 152 Å². The quantitative estimate of drug-likeness (QED) is 0.776. The molecular weight excluding hydrogens is 332 g/mol. The van der Waals surface area contributed by atoms with Crippen LogP contribution < -0.4 is 4.90 Å². The molecule has 0 spiro atoms. The summed E-state index contributed by atoms with van der Waals surface area (Å²) in [5.41, 5.74) is 4.29. The van der Waals surface area contributed by atoms with E-state index in [0.717, 1.165) is 48.6 Å². The molecule has 1 N–H and O–H groups in total. The van der Waals surface area contributed by atoms with Gasteiger partial charge in [-0.05, 0) is 48.0 Å². The molecule has 1 aliphatic rings. The Bertz CT molecular complexity index is 915. The number of nitrogens with one attached hydrogen (secondary N) is 1. The third-order valence-electron chi connectivity index (χ3n) is 4.85. The summed E-state index contributed by atoms with van der Waals surface area (Å²) in [5.74, 6) is 0. The van der Waals surface area contributed by atoms with Gasteiger partial charge in [-0.1, -0.05) is 11.6 Å². The first-order valence-corrected chi connectivity index (χ1v) is 8.84. The number of aromatic nitrogens is 1. The maximum atomic E-state index is 9.12. The van der Waals surface area contributed by atoms with Crippen molar-refractivity contribution in [1.29, 1.82) is 5.26 Å². The van der Waals surface area contributed by atoms with Crippen molar-refractivity contribution in [2.45, 2.75) is 6.54 Å². The van der Waals surface area contributed by atoms with Crippen molar-refractivity contribution in [3.63, 3.8) is 0 Å². The van der Waals surface area contributed by atoms with E-state index in [1.807, 2.05) is 30.3 Å². The fourth-order valence-electron chi connectivity index (χ4n) is 3.44. The standard InChI is InChI=1S/C20H19ClN4/c21-17-2-4-18(5-3-17)25-9-7-24(8-10-25)14-16-13-23-20-6-1-15(12-22)11-19(16)20/h1-6,11,13,23H,7-10,14H2. The van der Waals surface area contributed by atoms with E-state index in [0.29, 0.717) is 5.56 Å². The maximum Gasteiger partial charge on any atom is 0.0991 e. The summed E-state index contributed by atoms with van der Waals surface area (Å²) in [6.07, 6.45) is 2.07. The second-order valence-electron chi connectivity index (χ2n) is 6.43. The number of hydrogen-bond donors (Lipinski definition) is 1. The molecule has 1 aliphatic heterocycles. The smallest absolute Gasteiger partial charge is 0.0991 e. The van der Waals surface area contributed by atoms with Crippen molar-refractivity contribution in [2.75, 3.05) is 31.1 Å². The molecule has 0 saturated carbocycles. The zero-order valence-electron chi connectivity index (χ0n) is 13.9. The van der Waals surface area contributed by atoms with Gasteiger partial charge in [-0.15, -0.1) is 0 Å². The molecule has 0 radical (unpaired) electrons. The molecule has 25 heavy (non-hydrogen) atoms. The largest absolute Gasteiger partial charge is 0.369 e. The Morgan fingerprint density at radius 1 is 1.04 bits per heavy atom. The molecule has 0 unspecified atom stereocenters. The third kappa shape index (κ3) is 3.34. The lowest BCUT2D eigenvalue weighted by Gasteiger charge is -2.36. The minimum absolute atomic E-state index is 0.709. The number of H-pyrrole nitrogens is 1. The Kier molecular flexibility index (Phi) is 4.35. The number of anilines is 1. The summed E-state index contributed by atoms with van der Waals surface area (Å²) in [6, 6.07) is 16.1. The van der Waals surface area contributed by atoms with Crippen LogP contribution in [0, 0.1) is 11.3 Å². The number of rotatable bonds is 3. The molecule has 0 aliphatic carbocycles. The summed E-state index contributed by atoms with van der Waals surface area (Å²) in [6.45, 7) is 4.96. The molecule has 1 aromatic heterocycles. The van der Waals surface area contributed by atoms with Gasteiger partial charge in [0.25, 0.3) is 0 Å². The fraction of sp³-hybridized carbons (Fsp3) is 0.250. The molecule has 3 aromatic rings. The van der Waals surface area contributed by atoms with Crippen LogP contribution >= 0.6 is 11.6 Å². The summed E-state index contributed by atoms with van der Waals surface area (Å²) in [7, 11) is 0. The SMILES string of the molecule is N#Cc1ccc2[nH]cc(CN3CCN(c4ccc(Cl)cc4)CC3)c2c1. The van der Waals surface area contributed by atoms with Crippen LogP contribution in [0.15, 0.2) is 48.7 Å². The van der Waals surface area contributed by atoms with Crippen LogP contribution in [-0.2, 0) is 6.54 Å². The molecule has 0 amide bonds. The first-order valence-electron chi connectivity index (χ1n) is 8.46. The van der Waals surface area contributed by atoms with Gasteiger partial charge >= 0.3 is 0 Å². The number of benzene rings is 2. The van der Waals surface area contributed by atoms with Crippen molar-refractivity contribution < 1.29 is 0 Å². The van der Waals surface area contributed by atoms with Crippen LogP contribution in [0.5, 0.6) is 0 Å². The summed E-state index contributed by atoms with van der Waals surface area (Å²) < 4.78 is 0. The van der Waals surface area contributed by atoms with Crippen LogP contribution in [-0.4, -0.2) is 36.1 Å². The van der Waals surface area contributed by atoms with Crippen LogP contribution in [0.3, 0.4) is 0 Å². The highest BCUT2D eigenvalue weighted by Crippen LogP contribution is 2.23. The molecule has 4 nitrogen and oxygen atoms in total. The minimum Gasteiger partial charge on any atom is -0.369 e. The summed E-state index contributed by atoms with van der Waals surface area (Å²) in [5, 5.41) is 11.0. The van der Waals surface area contributed by atoms with Crippen molar-refractivity contribution in [1.82, 2.24) is 9.88 Å². The first kappa shape index (κ1) is 16.0. The maximum absolute atomic E-state index is 9.12. The fourth-order valence-corrected chi connectivity index (χ4v) is 3.56. The number of halogens is 1. The monoisotopic (exact) mass is 350 g/mol. The molecule has 2 aromatic carbocycles. The van der Waals surface area contributed by atoms with Crippen molar-refractivity contribution in [2.24, 2.45) is 0 Å². The molecule has 0 bridgehead atoms. The van der Waals surface area contributed by atoms with Gasteiger partial charge in [-0.2, -0.15) is 5.26 Å². The molecule has 5 heteroatoms. The number of hydrogen-bond acceptors (Lipinski definition) is 3. The molecule has 2 heterocycles. The van der Waals surface area contributed by atoms with Gasteiger partial charge in [0.1, 0.15) is 0 Å². The zero-order valence-corrected chi connectivity index (χ0v) is 14.6. The molecule has 126 valence electrons. The van der Waals surface area contributed by atoms with Crippen LogP contribution in [0.1, 0.15) is 11.1 Å². The number of aromatic amines is 1. The number of nitriles is 1. The van der Waals surface area contributed by atoms with Gasteiger partial charge in [0.05, 0.1) is 11.6 Å². The Hall–Kier alpha value is -2.48. The Morgan fingerprint density at radius 2 is 1.80 bits per heavy atom. The highest BCUT2D eigenvalue weighted by atomic mass is 35.5. The van der Waals surface area contributed by atoms with E-state index >= 15 is 0 Å². The van der Waals surface area contributed by atoms with E-state index in [-0.39, 0.29) is 0 Å². The van der Waals surface area contributed by atoms with E-state index in [4.69, 9.17) is 16.9 Å². The van der Waals surface area contributed by atoms with Crippen molar-refractivity contribution in [3.05, 3.63) is 64.8 Å². The topological polar surface area (TPSA) is 46.1 Å². The van der Waals surface area contributed by atoms with Crippen molar-refractivity contribution >= 4 is 28.2 Å². The molecule has 1 saturated heterocycles. The van der Waals surface area contributed by atoms with E-state index < -0.39 is 0 Å². The lowest BCUT2D eigenvalue weighted by molar-refractivity contribution is 0.250. The lowest BCUT2D eigenvalue weighted by atomic mass is 10.1. The lowest BCUT2D eigenvalue weighted by Crippen LogP contribution is -2.45. The van der Waals surface area contributed by atoms with Crippen LogP contribution in [0.25, 0.3) is 10.9 Å². The molecule has 4 rings (SSSR count). The second-order valence-corrected chi connectivity index (χ2v) is 6.86. The van der Waals surface area contributed by atoms with E-state index in [1.165, 1.54) is 11.3 Å². The van der Waals surface area contributed by atoms with Crippen LogP contribution in [0.4, 0.5) is 5.69 Å². The van der Waals surface area contributed by atoms with Gasteiger partial charge < -0.3 is 9.88 Å². The Morgan fingerprint density at radius 3 is 2.52 bits per heavy atom. The molecule has 1 fully saturated rings. The number of nitrogens with zero attached hydrogens (tertiary/aromatic N) is 3. The van der Waals surface area contributed by atoms with Gasteiger partial charge in [0.15, 0.2) is 0 Å². The average Bonchev–Trinajstić information content (AvgIpc) is 3.05. The second kappa shape index (κ2) is 6.79. The van der Waals surface area contributed by atoms with Gasteiger partial charge in [-0.25, -0.2) is 0 Å². The normalized spacial score (nSPS) is 15.4. The number of piperazine rings is 1. The summed E-state index contributed by atoms with van der Waals surface area (Å²) >= 11 is 5.97. The van der Waals surface area contributed by atoms with E-state index in [2.05, 4.69) is 39.2 Å². The predicted molar refractivity (Wildman–Crippen MR) is 102 cm³/mol. The average molecular weight is 351 g/mol. The van der Waals surface area contributed by atoms with Gasteiger partial charge in [0, 0.05) is 60.5 Å². The highest BCUT2D eigenvalue weighted by Gasteiger charge is 2.18. The minimum atomic E-state index is 0.709. The van der Waals surface area contributed by atoms with Gasteiger partial charge in [-0.3, -0.25) is 4.90 Å². The molecular formula is C20H19ClN4. The summed E-state index contributed by atoms with van der Waals surface area (Å²) in [4.78, 5) is 8.17. The van der Waals surface area contributed by atoms with Crippen molar-refractivity contribution in [3.8, 4) is 6.07 Å². The van der Waals surface area contributed by atoms with Gasteiger partial charge in [0.2, 0.25) is 0 Å². The first-order chi connectivity index (χ1) is 12.2. The van der Waals surface area contributed by atoms with E-state index in [1.54, 1.807) is 0 Å².